The van der Waals surface area contributed by atoms with Crippen LogP contribution in [-0.2, 0) is 4.79 Å². The van der Waals surface area contributed by atoms with Crippen molar-refractivity contribution in [2.24, 2.45) is 5.73 Å². The fourth-order valence-electron chi connectivity index (χ4n) is 2.41. The van der Waals surface area contributed by atoms with Crippen LogP contribution >= 0.6 is 0 Å². The van der Waals surface area contributed by atoms with Gasteiger partial charge in [0.2, 0.25) is 5.91 Å². The molecule has 1 amide bonds. The van der Waals surface area contributed by atoms with Crippen LogP contribution in [0.2, 0.25) is 0 Å². The van der Waals surface area contributed by atoms with E-state index in [2.05, 4.69) is 0 Å². The van der Waals surface area contributed by atoms with Crippen LogP contribution < -0.4 is 5.73 Å². The maximum atomic E-state index is 12.9. The summed E-state index contributed by atoms with van der Waals surface area (Å²) in [7, 11) is 1.78. The van der Waals surface area contributed by atoms with E-state index < -0.39 is 0 Å². The van der Waals surface area contributed by atoms with Crippen molar-refractivity contribution in [3.63, 3.8) is 0 Å². The minimum atomic E-state index is -0.298. The number of nitrogens with zero attached hydrogens (tertiary/aromatic N) is 1. The average molecular weight is 264 g/mol. The van der Waals surface area contributed by atoms with E-state index in [1.165, 1.54) is 12.1 Å². The van der Waals surface area contributed by atoms with Gasteiger partial charge in [0.05, 0.1) is 6.04 Å². The fourth-order valence-corrected chi connectivity index (χ4v) is 2.41. The maximum Gasteiger partial charge on any atom is 0.224 e. The largest absolute Gasteiger partial charge is 0.339 e. The Hall–Kier alpha value is -1.42. The van der Waals surface area contributed by atoms with Gasteiger partial charge in [-0.3, -0.25) is 4.79 Å². The number of benzene rings is 1. The van der Waals surface area contributed by atoms with Crippen molar-refractivity contribution in [3.8, 4) is 0 Å². The molecule has 1 aliphatic carbocycles. The zero-order chi connectivity index (χ0) is 14.0. The van der Waals surface area contributed by atoms with Gasteiger partial charge in [-0.05, 0) is 43.9 Å². The third kappa shape index (κ3) is 3.13. The first-order valence-electron chi connectivity index (χ1n) is 6.71. The molecule has 0 aromatic heterocycles. The Morgan fingerprint density at radius 3 is 2.47 bits per heavy atom. The lowest BCUT2D eigenvalue weighted by atomic mass is 9.75. The van der Waals surface area contributed by atoms with Gasteiger partial charge in [0.1, 0.15) is 5.82 Å². The minimum absolute atomic E-state index is 0.0547. The summed E-state index contributed by atoms with van der Waals surface area (Å²) in [5, 5.41) is 0. The van der Waals surface area contributed by atoms with E-state index in [1.54, 1.807) is 24.1 Å². The second-order valence-corrected chi connectivity index (χ2v) is 5.62. The van der Waals surface area contributed by atoms with E-state index in [0.717, 1.165) is 24.8 Å². The molecular weight excluding hydrogens is 243 g/mol. The molecule has 1 unspecified atom stereocenters. The highest BCUT2D eigenvalue weighted by Gasteiger charge is 2.36. The summed E-state index contributed by atoms with van der Waals surface area (Å²) in [5.41, 5.74) is 6.73. The van der Waals surface area contributed by atoms with Crippen LogP contribution in [0.4, 0.5) is 4.39 Å². The molecule has 4 heteroatoms. The van der Waals surface area contributed by atoms with Gasteiger partial charge in [-0.15, -0.1) is 0 Å². The molecular formula is C15H21FN2O. The van der Waals surface area contributed by atoms with Crippen molar-refractivity contribution in [1.82, 2.24) is 4.90 Å². The lowest BCUT2D eigenvalue weighted by Gasteiger charge is -2.39. The van der Waals surface area contributed by atoms with Gasteiger partial charge in [-0.25, -0.2) is 4.39 Å². The Morgan fingerprint density at radius 1 is 1.42 bits per heavy atom. The van der Waals surface area contributed by atoms with Crippen molar-refractivity contribution < 1.29 is 9.18 Å². The van der Waals surface area contributed by atoms with Crippen molar-refractivity contribution in [2.75, 3.05) is 7.05 Å². The Kier molecular flexibility index (Phi) is 3.90. The monoisotopic (exact) mass is 264 g/mol. The molecule has 0 saturated heterocycles. The summed E-state index contributed by atoms with van der Waals surface area (Å²) in [6, 6.07) is 6.19. The van der Waals surface area contributed by atoms with Gasteiger partial charge >= 0.3 is 0 Å². The van der Waals surface area contributed by atoms with E-state index in [9.17, 15) is 9.18 Å². The molecule has 1 atom stereocenters. The van der Waals surface area contributed by atoms with E-state index in [0.29, 0.717) is 6.42 Å². The molecule has 3 nitrogen and oxygen atoms in total. The molecule has 0 bridgehead atoms. The van der Waals surface area contributed by atoms with Gasteiger partial charge in [-0.2, -0.15) is 0 Å². The third-order valence-corrected chi connectivity index (χ3v) is 4.18. The summed E-state index contributed by atoms with van der Waals surface area (Å²) < 4.78 is 12.9. The minimum Gasteiger partial charge on any atom is -0.339 e. The second-order valence-electron chi connectivity index (χ2n) is 5.62. The number of hydrogen-bond acceptors (Lipinski definition) is 2. The van der Waals surface area contributed by atoms with Crippen molar-refractivity contribution in [2.45, 2.75) is 44.2 Å². The molecule has 1 aliphatic rings. The average Bonchev–Trinajstić information content (AvgIpc) is 2.36. The molecule has 2 rings (SSSR count). The van der Waals surface area contributed by atoms with Crippen LogP contribution in [0.3, 0.4) is 0 Å². The first kappa shape index (κ1) is 14.0. The van der Waals surface area contributed by atoms with Gasteiger partial charge < -0.3 is 10.6 Å². The fraction of sp³-hybridized carbons (Fsp3) is 0.533. The third-order valence-electron chi connectivity index (χ3n) is 4.18. The Balaban J connectivity index is 1.99. The Morgan fingerprint density at radius 2 is 2.00 bits per heavy atom. The number of nitrogens with two attached hydrogens (primary N) is 1. The van der Waals surface area contributed by atoms with Crippen molar-refractivity contribution in [3.05, 3.63) is 35.6 Å². The highest BCUT2D eigenvalue weighted by molar-refractivity contribution is 5.77. The zero-order valence-corrected chi connectivity index (χ0v) is 11.5. The number of amides is 1. The molecule has 104 valence electrons. The quantitative estimate of drug-likeness (QED) is 0.908. The van der Waals surface area contributed by atoms with E-state index >= 15 is 0 Å². The van der Waals surface area contributed by atoms with Crippen LogP contribution in [0.25, 0.3) is 0 Å². The van der Waals surface area contributed by atoms with Crippen molar-refractivity contribution in [1.29, 1.82) is 0 Å². The number of rotatable bonds is 4. The Labute approximate surface area is 113 Å². The summed E-state index contributed by atoms with van der Waals surface area (Å²) in [6.45, 7) is 1.94. The van der Waals surface area contributed by atoms with Crippen molar-refractivity contribution >= 4 is 5.91 Å². The van der Waals surface area contributed by atoms with Crippen LogP contribution in [-0.4, -0.2) is 23.4 Å². The second kappa shape index (κ2) is 5.29. The number of carbonyl (C=O) groups excluding carboxylic acids is 1. The van der Waals surface area contributed by atoms with Gasteiger partial charge in [0.15, 0.2) is 0 Å². The summed E-state index contributed by atoms with van der Waals surface area (Å²) in [5.74, 6) is -0.209. The first-order valence-corrected chi connectivity index (χ1v) is 6.71. The highest BCUT2D eigenvalue weighted by Crippen LogP contribution is 2.33. The summed E-state index contributed by atoms with van der Waals surface area (Å²) in [4.78, 5) is 13.9. The van der Waals surface area contributed by atoms with Crippen LogP contribution in [0.5, 0.6) is 0 Å². The van der Waals surface area contributed by atoms with Crippen LogP contribution in [0.15, 0.2) is 24.3 Å². The van der Waals surface area contributed by atoms with Crippen LogP contribution in [0, 0.1) is 5.82 Å². The standard InChI is InChI=1S/C15H21FN2O/c1-11(12-4-6-13(16)7-5-12)18(2)14(19)10-15(17)8-3-9-15/h4-7,11H,3,8-10,17H2,1-2H3. The molecule has 0 aliphatic heterocycles. The molecule has 1 fully saturated rings. The van der Waals surface area contributed by atoms with Gasteiger partial charge in [0.25, 0.3) is 0 Å². The van der Waals surface area contributed by atoms with Gasteiger partial charge in [-0.1, -0.05) is 12.1 Å². The summed E-state index contributed by atoms with van der Waals surface area (Å²) in [6.07, 6.45) is 3.37. The van der Waals surface area contributed by atoms with E-state index in [1.807, 2.05) is 6.92 Å². The number of carbonyl (C=O) groups is 1. The Bertz CT molecular complexity index is 454. The maximum absolute atomic E-state index is 12.9. The van der Waals surface area contributed by atoms with Gasteiger partial charge in [0, 0.05) is 19.0 Å². The smallest absolute Gasteiger partial charge is 0.224 e. The molecule has 2 N–H and O–H groups in total. The predicted octanol–water partition coefficient (Wildman–Crippen LogP) is 2.62. The molecule has 0 heterocycles. The zero-order valence-electron chi connectivity index (χ0n) is 11.5. The number of hydrogen-bond donors (Lipinski definition) is 1. The number of halogens is 1. The molecule has 0 radical (unpaired) electrons. The first-order chi connectivity index (χ1) is 8.91. The molecule has 1 saturated carbocycles. The van der Waals surface area contributed by atoms with E-state index in [-0.39, 0.29) is 23.3 Å². The normalized spacial score (nSPS) is 18.5. The van der Waals surface area contributed by atoms with Crippen LogP contribution in [0.1, 0.15) is 44.2 Å². The lowest BCUT2D eigenvalue weighted by Crippen LogP contribution is -2.50. The lowest BCUT2D eigenvalue weighted by molar-refractivity contribution is -0.133. The SMILES string of the molecule is CC(c1ccc(F)cc1)N(C)C(=O)CC1(N)CCC1. The topological polar surface area (TPSA) is 46.3 Å². The van der Waals surface area contributed by atoms with E-state index in [4.69, 9.17) is 5.73 Å². The molecule has 0 spiro atoms. The molecule has 1 aromatic carbocycles. The predicted molar refractivity (Wildman–Crippen MR) is 73.0 cm³/mol. The highest BCUT2D eigenvalue weighted by atomic mass is 19.1. The molecule has 19 heavy (non-hydrogen) atoms. The molecule has 1 aromatic rings. The summed E-state index contributed by atoms with van der Waals surface area (Å²) >= 11 is 0.